The van der Waals surface area contributed by atoms with Crippen LogP contribution in [0, 0.1) is 18.6 Å². The molecule has 1 aliphatic carbocycles. The third-order valence-electron chi connectivity index (χ3n) is 7.73. The molecule has 0 spiro atoms. The van der Waals surface area contributed by atoms with E-state index in [1.165, 1.54) is 11.0 Å². The highest BCUT2D eigenvalue weighted by Crippen LogP contribution is 2.44. The van der Waals surface area contributed by atoms with Crippen LogP contribution in [-0.2, 0) is 11.8 Å². The van der Waals surface area contributed by atoms with Gasteiger partial charge in [-0.25, -0.2) is 27.2 Å². The lowest BCUT2D eigenvalue weighted by Gasteiger charge is -2.32. The highest BCUT2D eigenvalue weighted by molar-refractivity contribution is 5.96. The molecular formula is C27H26F4N6O. The van der Waals surface area contributed by atoms with Crippen LogP contribution in [0.25, 0.3) is 22.3 Å². The van der Waals surface area contributed by atoms with E-state index in [9.17, 15) is 22.4 Å². The first-order valence-electron chi connectivity index (χ1n) is 12.7. The molecule has 1 aliphatic heterocycles. The molecule has 1 amide bonds. The van der Waals surface area contributed by atoms with Crippen LogP contribution in [0.5, 0.6) is 0 Å². The highest BCUT2D eigenvalue weighted by Gasteiger charge is 2.41. The van der Waals surface area contributed by atoms with Crippen LogP contribution < -0.4 is 4.90 Å². The number of benzene rings is 2. The smallest absolute Gasteiger partial charge is 0.248 e. The Labute approximate surface area is 216 Å². The van der Waals surface area contributed by atoms with E-state index in [1.807, 2.05) is 29.7 Å². The molecule has 0 bridgehead atoms. The zero-order valence-corrected chi connectivity index (χ0v) is 21.0. The van der Waals surface area contributed by atoms with Gasteiger partial charge in [0.1, 0.15) is 5.82 Å². The lowest BCUT2D eigenvalue weighted by molar-refractivity contribution is -0.117. The third-order valence-corrected chi connectivity index (χ3v) is 7.73. The topological polar surface area (TPSA) is 68.8 Å². The Morgan fingerprint density at radius 1 is 1.00 bits per heavy atom. The van der Waals surface area contributed by atoms with E-state index in [2.05, 4.69) is 10.3 Å². The number of carbonyl (C=O) groups is 1. The van der Waals surface area contributed by atoms with Crippen LogP contribution in [0.3, 0.4) is 0 Å². The molecule has 6 rings (SSSR count). The number of anilines is 1. The fraction of sp³-hybridized carbons (Fsp3) is 0.407. The monoisotopic (exact) mass is 526 g/mol. The first-order valence-corrected chi connectivity index (χ1v) is 12.7. The van der Waals surface area contributed by atoms with Crippen molar-refractivity contribution in [1.82, 2.24) is 24.5 Å². The number of halogens is 4. The molecule has 1 saturated heterocycles. The van der Waals surface area contributed by atoms with E-state index in [0.29, 0.717) is 17.8 Å². The average molecular weight is 527 g/mol. The molecule has 1 atom stereocenters. The molecule has 2 fully saturated rings. The lowest BCUT2D eigenvalue weighted by atomic mass is 9.91. The van der Waals surface area contributed by atoms with Crippen LogP contribution in [0.2, 0.25) is 0 Å². The van der Waals surface area contributed by atoms with Gasteiger partial charge in [-0.1, -0.05) is 11.3 Å². The fourth-order valence-electron chi connectivity index (χ4n) is 5.91. The molecule has 1 saturated carbocycles. The molecule has 198 valence electrons. The summed E-state index contributed by atoms with van der Waals surface area (Å²) in [6.45, 7) is 1.86. The zero-order chi connectivity index (χ0) is 26.8. The Hall–Kier alpha value is -3.76. The molecule has 38 heavy (non-hydrogen) atoms. The van der Waals surface area contributed by atoms with Crippen LogP contribution >= 0.6 is 0 Å². The Kier molecular flexibility index (Phi) is 5.77. The standard InChI is InChI=1S/C27H26F4N6O/c1-15-25(35(2)34-33-15)16-3-6-22-21(13-16)32-26(37(22)17-9-11-27(30,31)12-10-17)23-7-8-24(38)36(23)18-4-5-19(28)20(29)14-18/h3-6,13-14,17,23H,7-12H2,1-2H3. The van der Waals surface area contributed by atoms with Gasteiger partial charge in [0.2, 0.25) is 11.8 Å². The van der Waals surface area contributed by atoms with Crippen molar-refractivity contribution in [3.63, 3.8) is 0 Å². The van der Waals surface area contributed by atoms with Crippen molar-refractivity contribution in [3.05, 3.63) is 59.6 Å². The molecule has 0 radical (unpaired) electrons. The fourth-order valence-corrected chi connectivity index (χ4v) is 5.91. The van der Waals surface area contributed by atoms with Gasteiger partial charge in [0, 0.05) is 49.7 Å². The van der Waals surface area contributed by atoms with Crippen LogP contribution in [-0.4, -0.2) is 36.4 Å². The maximum absolute atomic E-state index is 14.1. The summed E-state index contributed by atoms with van der Waals surface area (Å²) in [4.78, 5) is 19.4. The molecule has 0 N–H and O–H groups in total. The second kappa shape index (κ2) is 8.92. The van der Waals surface area contributed by atoms with Gasteiger partial charge in [0.25, 0.3) is 0 Å². The lowest BCUT2D eigenvalue weighted by Crippen LogP contribution is -2.32. The molecule has 2 aliphatic rings. The van der Waals surface area contributed by atoms with Gasteiger partial charge in [-0.3, -0.25) is 4.79 Å². The van der Waals surface area contributed by atoms with Gasteiger partial charge >= 0.3 is 0 Å². The number of amides is 1. The van der Waals surface area contributed by atoms with Gasteiger partial charge in [-0.05, 0) is 50.5 Å². The predicted molar refractivity (Wildman–Crippen MR) is 133 cm³/mol. The summed E-state index contributed by atoms with van der Waals surface area (Å²) in [5.41, 5.74) is 4.11. The Balaban J connectivity index is 1.50. The Morgan fingerprint density at radius 2 is 1.76 bits per heavy atom. The minimum Gasteiger partial charge on any atom is -0.323 e. The van der Waals surface area contributed by atoms with Gasteiger partial charge in [0.05, 0.1) is 28.5 Å². The molecule has 2 aromatic carbocycles. The third kappa shape index (κ3) is 4.04. The minimum atomic E-state index is -2.70. The highest BCUT2D eigenvalue weighted by atomic mass is 19.3. The summed E-state index contributed by atoms with van der Waals surface area (Å²) in [5, 5.41) is 8.20. The quantitative estimate of drug-likeness (QED) is 0.304. The van der Waals surface area contributed by atoms with Crippen molar-refractivity contribution in [2.45, 2.75) is 63.5 Å². The largest absolute Gasteiger partial charge is 0.323 e. The number of alkyl halides is 2. The Morgan fingerprint density at radius 3 is 2.45 bits per heavy atom. The van der Waals surface area contributed by atoms with E-state index in [1.54, 1.807) is 11.7 Å². The molecule has 2 aromatic heterocycles. The van der Waals surface area contributed by atoms with Gasteiger partial charge in [0.15, 0.2) is 11.6 Å². The first kappa shape index (κ1) is 24.6. The van der Waals surface area contributed by atoms with Crippen molar-refractivity contribution in [3.8, 4) is 11.3 Å². The van der Waals surface area contributed by atoms with Crippen molar-refractivity contribution >= 4 is 22.6 Å². The van der Waals surface area contributed by atoms with Crippen LogP contribution in [0.1, 0.15) is 62.1 Å². The number of carbonyl (C=O) groups excluding carboxylic acids is 1. The van der Waals surface area contributed by atoms with Crippen molar-refractivity contribution in [1.29, 1.82) is 0 Å². The van der Waals surface area contributed by atoms with E-state index < -0.39 is 23.6 Å². The maximum Gasteiger partial charge on any atom is 0.248 e. The van der Waals surface area contributed by atoms with Crippen molar-refractivity contribution in [2.75, 3.05) is 4.90 Å². The molecular weight excluding hydrogens is 500 g/mol. The first-order chi connectivity index (χ1) is 18.1. The summed E-state index contributed by atoms with van der Waals surface area (Å²) in [5.74, 6) is -4.42. The number of fused-ring (bicyclic) bond motifs is 1. The number of hydrogen-bond acceptors (Lipinski definition) is 4. The number of imidazole rings is 1. The average Bonchev–Trinajstić information content (AvgIpc) is 3.55. The predicted octanol–water partition coefficient (Wildman–Crippen LogP) is 6.04. The van der Waals surface area contributed by atoms with E-state index in [-0.39, 0.29) is 49.7 Å². The number of aromatic nitrogens is 5. The maximum atomic E-state index is 14.1. The SMILES string of the molecule is Cc1nnn(C)c1-c1ccc2c(c1)nc(C1CCC(=O)N1c1ccc(F)c(F)c1)n2C1CCC(F)(F)CC1. The van der Waals surface area contributed by atoms with Gasteiger partial charge < -0.3 is 9.47 Å². The minimum absolute atomic E-state index is 0.209. The number of rotatable bonds is 4. The van der Waals surface area contributed by atoms with Crippen molar-refractivity contribution in [2.24, 2.45) is 7.05 Å². The number of hydrogen-bond donors (Lipinski definition) is 0. The van der Waals surface area contributed by atoms with E-state index in [4.69, 9.17) is 4.98 Å². The second-order valence-corrected chi connectivity index (χ2v) is 10.2. The van der Waals surface area contributed by atoms with Crippen LogP contribution in [0.4, 0.5) is 23.2 Å². The normalized spacial score (nSPS) is 20.1. The summed E-state index contributed by atoms with van der Waals surface area (Å²) in [7, 11) is 1.80. The summed E-state index contributed by atoms with van der Waals surface area (Å²) >= 11 is 0. The molecule has 4 aromatic rings. The summed E-state index contributed by atoms with van der Waals surface area (Å²) in [6, 6.07) is 8.36. The Bertz CT molecular complexity index is 1530. The second-order valence-electron chi connectivity index (χ2n) is 10.2. The summed E-state index contributed by atoms with van der Waals surface area (Å²) in [6.07, 6.45) is 0.701. The van der Waals surface area contributed by atoms with Gasteiger partial charge in [-0.15, -0.1) is 5.10 Å². The number of aryl methyl sites for hydroxylation is 2. The van der Waals surface area contributed by atoms with E-state index in [0.717, 1.165) is 34.6 Å². The summed E-state index contributed by atoms with van der Waals surface area (Å²) < 4.78 is 59.6. The molecule has 7 nitrogen and oxygen atoms in total. The van der Waals surface area contributed by atoms with Crippen molar-refractivity contribution < 1.29 is 22.4 Å². The zero-order valence-electron chi connectivity index (χ0n) is 21.0. The van der Waals surface area contributed by atoms with E-state index >= 15 is 0 Å². The van der Waals surface area contributed by atoms with Gasteiger partial charge in [-0.2, -0.15) is 0 Å². The molecule has 11 heteroatoms. The van der Waals surface area contributed by atoms with Crippen LogP contribution in [0.15, 0.2) is 36.4 Å². The molecule has 1 unspecified atom stereocenters. The molecule has 3 heterocycles. The number of nitrogens with zero attached hydrogens (tertiary/aromatic N) is 6.